The van der Waals surface area contributed by atoms with Gasteiger partial charge in [-0.15, -0.1) is 0 Å². The zero-order valence-corrected chi connectivity index (χ0v) is 20.6. The number of nitrogens with zero attached hydrogens (tertiary/aromatic N) is 1. The molecule has 2 amide bonds. The van der Waals surface area contributed by atoms with E-state index in [-0.39, 0.29) is 17.7 Å². The van der Waals surface area contributed by atoms with Gasteiger partial charge in [-0.3, -0.25) is 9.59 Å². The summed E-state index contributed by atoms with van der Waals surface area (Å²) >= 11 is 6.04. The van der Waals surface area contributed by atoms with Crippen LogP contribution in [0.5, 0.6) is 5.75 Å². The molecule has 0 aliphatic rings. The maximum atomic E-state index is 13.5. The summed E-state index contributed by atoms with van der Waals surface area (Å²) in [5, 5.41) is 3.67. The molecule has 0 aliphatic heterocycles. The van der Waals surface area contributed by atoms with E-state index in [1.807, 2.05) is 80.6 Å². The first-order chi connectivity index (χ1) is 16.4. The molecule has 34 heavy (non-hydrogen) atoms. The van der Waals surface area contributed by atoms with Crippen molar-refractivity contribution < 1.29 is 14.3 Å². The van der Waals surface area contributed by atoms with Crippen molar-refractivity contribution in [1.29, 1.82) is 0 Å². The van der Waals surface area contributed by atoms with Gasteiger partial charge < -0.3 is 15.0 Å². The van der Waals surface area contributed by atoms with Crippen LogP contribution < -0.4 is 10.1 Å². The second-order valence-electron chi connectivity index (χ2n) is 8.45. The van der Waals surface area contributed by atoms with E-state index < -0.39 is 6.04 Å². The largest absolute Gasteiger partial charge is 0.497 e. The van der Waals surface area contributed by atoms with Crippen molar-refractivity contribution in [2.45, 2.75) is 32.9 Å². The van der Waals surface area contributed by atoms with Gasteiger partial charge in [0, 0.05) is 24.0 Å². The van der Waals surface area contributed by atoms with Crippen molar-refractivity contribution in [3.8, 4) is 5.75 Å². The van der Waals surface area contributed by atoms with Crippen molar-refractivity contribution in [2.75, 3.05) is 13.7 Å². The fourth-order valence-corrected chi connectivity index (χ4v) is 3.87. The van der Waals surface area contributed by atoms with Crippen LogP contribution in [0.3, 0.4) is 0 Å². The molecule has 0 saturated heterocycles. The zero-order chi connectivity index (χ0) is 24.5. The molecule has 0 unspecified atom stereocenters. The number of benzene rings is 3. The van der Waals surface area contributed by atoms with Crippen LogP contribution in [0.1, 0.15) is 36.6 Å². The summed E-state index contributed by atoms with van der Waals surface area (Å²) in [5.41, 5.74) is 2.77. The molecule has 0 fully saturated rings. The van der Waals surface area contributed by atoms with Crippen LogP contribution in [0.15, 0.2) is 78.9 Å². The lowest BCUT2D eigenvalue weighted by atomic mass is 10.0. The lowest BCUT2D eigenvalue weighted by Crippen LogP contribution is -2.45. The predicted octanol–water partition coefficient (Wildman–Crippen LogP) is 5.43. The Balaban J connectivity index is 1.83. The van der Waals surface area contributed by atoms with Crippen molar-refractivity contribution in [3.05, 3.63) is 101 Å². The van der Waals surface area contributed by atoms with Gasteiger partial charge in [-0.1, -0.05) is 80.0 Å². The molecule has 0 spiro atoms. The van der Waals surface area contributed by atoms with Crippen LogP contribution in [0.25, 0.3) is 0 Å². The molecule has 0 heterocycles. The van der Waals surface area contributed by atoms with Gasteiger partial charge >= 0.3 is 0 Å². The molecule has 1 atom stereocenters. The third-order valence-electron chi connectivity index (χ3n) is 5.59. The SMILES string of the molecule is COc1ccc(CCNC(=O)[C@H](c2ccccc2)N(Cc2ccc(Cl)cc2)C(=O)C(C)C)cc1. The number of methoxy groups -OCH3 is 1. The minimum Gasteiger partial charge on any atom is -0.497 e. The first-order valence-electron chi connectivity index (χ1n) is 11.4. The summed E-state index contributed by atoms with van der Waals surface area (Å²) in [6.45, 7) is 4.46. The zero-order valence-electron chi connectivity index (χ0n) is 19.8. The highest BCUT2D eigenvalue weighted by Gasteiger charge is 2.32. The minimum atomic E-state index is -0.748. The molecule has 0 bridgehead atoms. The van der Waals surface area contributed by atoms with Crippen LogP contribution >= 0.6 is 11.6 Å². The highest BCUT2D eigenvalue weighted by molar-refractivity contribution is 6.30. The van der Waals surface area contributed by atoms with Crippen LogP contribution in [0.2, 0.25) is 5.02 Å². The van der Waals surface area contributed by atoms with E-state index in [0.717, 1.165) is 22.4 Å². The molecule has 1 N–H and O–H groups in total. The molecule has 3 aromatic carbocycles. The number of amides is 2. The van der Waals surface area contributed by atoms with Crippen molar-refractivity contribution in [2.24, 2.45) is 5.92 Å². The molecule has 0 aromatic heterocycles. The standard InChI is InChI=1S/C28H31ClN2O3/c1-20(2)28(33)31(19-22-9-13-24(29)14-10-22)26(23-7-5-4-6-8-23)27(32)30-18-17-21-11-15-25(34-3)16-12-21/h4-16,20,26H,17-19H2,1-3H3,(H,30,32)/t26-/m0/s1. The second-order valence-corrected chi connectivity index (χ2v) is 8.89. The highest BCUT2D eigenvalue weighted by atomic mass is 35.5. The molecule has 0 radical (unpaired) electrons. The molecule has 0 aliphatic carbocycles. The number of halogens is 1. The average Bonchev–Trinajstić information content (AvgIpc) is 2.85. The highest BCUT2D eigenvalue weighted by Crippen LogP contribution is 2.26. The van der Waals surface area contributed by atoms with Crippen LogP contribution in [0, 0.1) is 5.92 Å². The summed E-state index contributed by atoms with van der Waals surface area (Å²) in [6, 6.07) is 23.8. The molecule has 5 nitrogen and oxygen atoms in total. The van der Waals surface area contributed by atoms with Gasteiger partial charge in [0.25, 0.3) is 0 Å². The third-order valence-corrected chi connectivity index (χ3v) is 5.84. The predicted molar refractivity (Wildman–Crippen MR) is 136 cm³/mol. The smallest absolute Gasteiger partial charge is 0.247 e. The van der Waals surface area contributed by atoms with Crippen molar-refractivity contribution >= 4 is 23.4 Å². The Bertz CT molecular complexity index is 1070. The normalized spacial score (nSPS) is 11.7. The van der Waals surface area contributed by atoms with E-state index in [9.17, 15) is 9.59 Å². The van der Waals surface area contributed by atoms with Crippen molar-refractivity contribution in [3.63, 3.8) is 0 Å². The maximum absolute atomic E-state index is 13.5. The second kappa shape index (κ2) is 12.2. The fraction of sp³-hybridized carbons (Fsp3) is 0.286. The Morgan fingerprint density at radius 2 is 1.53 bits per heavy atom. The summed E-state index contributed by atoms with van der Waals surface area (Å²) in [4.78, 5) is 28.5. The fourth-order valence-electron chi connectivity index (χ4n) is 3.74. The van der Waals surface area contributed by atoms with Gasteiger partial charge in [0.1, 0.15) is 11.8 Å². The molecule has 0 saturated carbocycles. The number of rotatable bonds is 10. The Labute approximate surface area is 206 Å². The van der Waals surface area contributed by atoms with Gasteiger partial charge in [-0.25, -0.2) is 0 Å². The topological polar surface area (TPSA) is 58.6 Å². The summed E-state index contributed by atoms with van der Waals surface area (Å²) in [7, 11) is 1.63. The molecular formula is C28H31ClN2O3. The van der Waals surface area contributed by atoms with E-state index in [4.69, 9.17) is 16.3 Å². The maximum Gasteiger partial charge on any atom is 0.247 e. The van der Waals surface area contributed by atoms with Crippen LogP contribution in [0.4, 0.5) is 0 Å². The Morgan fingerprint density at radius 3 is 2.12 bits per heavy atom. The number of ether oxygens (including phenoxy) is 1. The molecule has 6 heteroatoms. The van der Waals surface area contributed by atoms with E-state index in [1.54, 1.807) is 24.1 Å². The molecule has 3 aromatic rings. The molecule has 3 rings (SSSR count). The monoisotopic (exact) mass is 478 g/mol. The van der Waals surface area contributed by atoms with E-state index in [0.29, 0.717) is 24.5 Å². The van der Waals surface area contributed by atoms with E-state index >= 15 is 0 Å². The molecule has 178 valence electrons. The number of hydrogen-bond acceptors (Lipinski definition) is 3. The van der Waals surface area contributed by atoms with Crippen LogP contribution in [-0.2, 0) is 22.6 Å². The van der Waals surface area contributed by atoms with Gasteiger partial charge in [-0.2, -0.15) is 0 Å². The van der Waals surface area contributed by atoms with E-state index in [2.05, 4.69) is 5.32 Å². The van der Waals surface area contributed by atoms with Crippen LogP contribution in [-0.4, -0.2) is 30.4 Å². The number of nitrogens with one attached hydrogen (secondary N) is 1. The van der Waals surface area contributed by atoms with Gasteiger partial charge in [0.05, 0.1) is 7.11 Å². The lowest BCUT2D eigenvalue weighted by molar-refractivity contribution is -0.144. The first kappa shape index (κ1) is 25.3. The number of carbonyl (C=O) groups excluding carboxylic acids is 2. The quantitative estimate of drug-likeness (QED) is 0.422. The Kier molecular flexibility index (Phi) is 9.11. The number of hydrogen-bond donors (Lipinski definition) is 1. The Morgan fingerprint density at radius 1 is 0.912 bits per heavy atom. The minimum absolute atomic E-state index is 0.0888. The average molecular weight is 479 g/mol. The summed E-state index contributed by atoms with van der Waals surface area (Å²) in [6.07, 6.45) is 0.673. The first-order valence-corrected chi connectivity index (χ1v) is 11.8. The van der Waals surface area contributed by atoms with Crippen molar-refractivity contribution in [1.82, 2.24) is 10.2 Å². The van der Waals surface area contributed by atoms with E-state index in [1.165, 1.54) is 0 Å². The molecular weight excluding hydrogens is 448 g/mol. The Hall–Kier alpha value is -3.31. The van der Waals surface area contributed by atoms with Gasteiger partial charge in [0.15, 0.2) is 0 Å². The van der Waals surface area contributed by atoms with Gasteiger partial charge in [-0.05, 0) is 47.4 Å². The summed E-state index contributed by atoms with van der Waals surface area (Å²) in [5.74, 6) is 0.240. The van der Waals surface area contributed by atoms with Gasteiger partial charge in [0.2, 0.25) is 11.8 Å². The third kappa shape index (κ3) is 6.84. The lowest BCUT2D eigenvalue weighted by Gasteiger charge is -2.33. The number of carbonyl (C=O) groups is 2. The summed E-state index contributed by atoms with van der Waals surface area (Å²) < 4.78 is 5.20.